The molecule has 1 aromatic carbocycles. The third-order valence-electron chi connectivity index (χ3n) is 3.56. The Bertz CT molecular complexity index is 704. The number of hydrogen-bond acceptors (Lipinski definition) is 5. The molecule has 0 fully saturated rings. The smallest absolute Gasteiger partial charge is 0.407 e. The molecule has 2 rings (SSSR count). The molecule has 0 unspecified atom stereocenters. The molecular formula is C20H25NO5. The van der Waals surface area contributed by atoms with Crippen LogP contribution in [0.5, 0.6) is 0 Å². The number of carbonyl (C=O) groups is 2. The second-order valence-corrected chi connectivity index (χ2v) is 7.05. The molecule has 1 amide bonds. The summed E-state index contributed by atoms with van der Waals surface area (Å²) in [7, 11) is 0. The van der Waals surface area contributed by atoms with Crippen LogP contribution >= 0.6 is 0 Å². The van der Waals surface area contributed by atoms with Crippen molar-refractivity contribution in [1.82, 2.24) is 5.32 Å². The van der Waals surface area contributed by atoms with Crippen molar-refractivity contribution in [1.29, 1.82) is 0 Å². The quantitative estimate of drug-likeness (QED) is 0.790. The zero-order valence-electron chi connectivity index (χ0n) is 15.5. The molecule has 0 aliphatic heterocycles. The van der Waals surface area contributed by atoms with E-state index < -0.39 is 29.8 Å². The first kappa shape index (κ1) is 19.6. The SMILES string of the molecule is C[C@@H](NC(=O)OC(C)(C)C)[C@@H](Cc1ccccc1)OC(=O)c1ccco1. The zero-order chi connectivity index (χ0) is 19.2. The van der Waals surface area contributed by atoms with Gasteiger partial charge in [-0.15, -0.1) is 0 Å². The van der Waals surface area contributed by atoms with Gasteiger partial charge in [0.05, 0.1) is 12.3 Å². The van der Waals surface area contributed by atoms with Gasteiger partial charge in [-0.3, -0.25) is 0 Å². The Labute approximate surface area is 153 Å². The van der Waals surface area contributed by atoms with E-state index in [1.807, 2.05) is 30.3 Å². The van der Waals surface area contributed by atoms with Crippen molar-refractivity contribution < 1.29 is 23.5 Å². The van der Waals surface area contributed by atoms with Crippen molar-refractivity contribution in [2.75, 3.05) is 0 Å². The lowest BCUT2D eigenvalue weighted by Crippen LogP contribution is -2.46. The number of amides is 1. The number of rotatable bonds is 6. The Morgan fingerprint density at radius 2 is 1.81 bits per heavy atom. The van der Waals surface area contributed by atoms with E-state index in [2.05, 4.69) is 5.32 Å². The molecule has 2 aromatic rings. The van der Waals surface area contributed by atoms with E-state index in [1.165, 1.54) is 12.3 Å². The number of alkyl carbamates (subject to hydrolysis) is 1. The minimum atomic E-state index is -0.608. The summed E-state index contributed by atoms with van der Waals surface area (Å²) in [5.41, 5.74) is 0.381. The Balaban J connectivity index is 2.08. The van der Waals surface area contributed by atoms with Crippen LogP contribution in [-0.4, -0.2) is 29.8 Å². The number of nitrogens with one attached hydrogen (secondary N) is 1. The number of esters is 1. The van der Waals surface area contributed by atoms with E-state index >= 15 is 0 Å². The maximum Gasteiger partial charge on any atom is 0.407 e. The number of benzene rings is 1. The molecule has 1 aromatic heterocycles. The molecule has 2 atom stereocenters. The van der Waals surface area contributed by atoms with Crippen LogP contribution in [0, 0.1) is 0 Å². The molecule has 0 spiro atoms. The van der Waals surface area contributed by atoms with Crippen LogP contribution in [0.1, 0.15) is 43.8 Å². The molecular weight excluding hydrogens is 334 g/mol. The van der Waals surface area contributed by atoms with Gasteiger partial charge in [0, 0.05) is 6.42 Å². The van der Waals surface area contributed by atoms with Crippen LogP contribution in [0.15, 0.2) is 53.1 Å². The lowest BCUT2D eigenvalue weighted by atomic mass is 10.0. The van der Waals surface area contributed by atoms with Gasteiger partial charge in [0.1, 0.15) is 11.7 Å². The van der Waals surface area contributed by atoms with Crippen molar-refractivity contribution >= 4 is 12.1 Å². The van der Waals surface area contributed by atoms with Crippen molar-refractivity contribution in [2.24, 2.45) is 0 Å². The summed E-state index contributed by atoms with van der Waals surface area (Å²) < 4.78 is 16.0. The van der Waals surface area contributed by atoms with Crippen molar-refractivity contribution in [3.05, 3.63) is 60.1 Å². The van der Waals surface area contributed by atoms with Gasteiger partial charge in [0.15, 0.2) is 0 Å². The zero-order valence-corrected chi connectivity index (χ0v) is 15.5. The molecule has 6 heteroatoms. The van der Waals surface area contributed by atoms with E-state index in [0.717, 1.165) is 5.56 Å². The molecule has 6 nitrogen and oxygen atoms in total. The summed E-state index contributed by atoms with van der Waals surface area (Å²) in [6.07, 6.45) is 0.717. The van der Waals surface area contributed by atoms with Gasteiger partial charge < -0.3 is 19.2 Å². The minimum Gasteiger partial charge on any atom is -0.457 e. The van der Waals surface area contributed by atoms with E-state index in [-0.39, 0.29) is 5.76 Å². The topological polar surface area (TPSA) is 77.8 Å². The highest BCUT2D eigenvalue weighted by Crippen LogP contribution is 2.14. The molecule has 26 heavy (non-hydrogen) atoms. The summed E-state index contributed by atoms with van der Waals surface area (Å²) in [5.74, 6) is -0.457. The van der Waals surface area contributed by atoms with Gasteiger partial charge in [-0.1, -0.05) is 30.3 Å². The fourth-order valence-corrected chi connectivity index (χ4v) is 2.34. The lowest BCUT2D eigenvalue weighted by Gasteiger charge is -2.27. The molecule has 1 N–H and O–H groups in total. The van der Waals surface area contributed by atoms with E-state index in [9.17, 15) is 9.59 Å². The predicted molar refractivity (Wildman–Crippen MR) is 96.9 cm³/mol. The Morgan fingerprint density at radius 3 is 2.38 bits per heavy atom. The standard InChI is InChI=1S/C20H25NO5/c1-14(21-19(23)26-20(2,3)4)17(13-15-9-6-5-7-10-15)25-18(22)16-11-8-12-24-16/h5-12,14,17H,13H2,1-4H3,(H,21,23)/t14-,17-/m1/s1. The number of hydrogen-bond donors (Lipinski definition) is 1. The summed E-state index contributed by atoms with van der Waals surface area (Å²) in [4.78, 5) is 24.3. The van der Waals surface area contributed by atoms with Crippen molar-refractivity contribution in [3.8, 4) is 0 Å². The highest BCUT2D eigenvalue weighted by molar-refractivity contribution is 5.86. The van der Waals surface area contributed by atoms with Crippen molar-refractivity contribution in [2.45, 2.75) is 51.9 Å². The molecule has 0 saturated heterocycles. The van der Waals surface area contributed by atoms with Crippen LogP contribution < -0.4 is 5.32 Å². The average Bonchev–Trinajstić information content (AvgIpc) is 3.07. The second-order valence-electron chi connectivity index (χ2n) is 7.05. The molecule has 0 aliphatic carbocycles. The summed E-state index contributed by atoms with van der Waals surface area (Å²) in [6, 6.07) is 12.3. The van der Waals surface area contributed by atoms with Crippen LogP contribution in [0.25, 0.3) is 0 Å². The Kier molecular flexibility index (Phi) is 6.44. The Morgan fingerprint density at radius 1 is 1.12 bits per heavy atom. The third-order valence-corrected chi connectivity index (χ3v) is 3.56. The summed E-state index contributed by atoms with van der Waals surface area (Å²) in [6.45, 7) is 7.13. The number of carbonyl (C=O) groups excluding carboxylic acids is 2. The van der Waals surface area contributed by atoms with Gasteiger partial charge >= 0.3 is 12.1 Å². The maximum atomic E-state index is 12.3. The first-order valence-corrected chi connectivity index (χ1v) is 8.52. The van der Waals surface area contributed by atoms with E-state index in [1.54, 1.807) is 33.8 Å². The average molecular weight is 359 g/mol. The van der Waals surface area contributed by atoms with Gasteiger partial charge in [-0.25, -0.2) is 9.59 Å². The highest BCUT2D eigenvalue weighted by Gasteiger charge is 2.27. The van der Waals surface area contributed by atoms with E-state index in [0.29, 0.717) is 6.42 Å². The van der Waals surface area contributed by atoms with Crippen molar-refractivity contribution in [3.63, 3.8) is 0 Å². The summed E-state index contributed by atoms with van der Waals surface area (Å²) >= 11 is 0. The number of furan rings is 1. The van der Waals surface area contributed by atoms with Crippen LogP contribution in [-0.2, 0) is 15.9 Å². The molecule has 0 aliphatic rings. The largest absolute Gasteiger partial charge is 0.457 e. The summed E-state index contributed by atoms with van der Waals surface area (Å²) in [5, 5.41) is 2.74. The fraction of sp³-hybridized carbons (Fsp3) is 0.400. The number of ether oxygens (including phenoxy) is 2. The second kappa shape index (κ2) is 8.56. The monoisotopic (exact) mass is 359 g/mol. The van der Waals surface area contributed by atoms with Gasteiger partial charge in [0.2, 0.25) is 5.76 Å². The van der Waals surface area contributed by atoms with Crippen LogP contribution in [0.3, 0.4) is 0 Å². The molecule has 0 radical (unpaired) electrons. The molecule has 0 bridgehead atoms. The molecule has 140 valence electrons. The minimum absolute atomic E-state index is 0.118. The van der Waals surface area contributed by atoms with Gasteiger partial charge in [-0.05, 0) is 45.4 Å². The van der Waals surface area contributed by atoms with E-state index in [4.69, 9.17) is 13.9 Å². The van der Waals surface area contributed by atoms with Gasteiger partial charge in [-0.2, -0.15) is 0 Å². The first-order valence-electron chi connectivity index (χ1n) is 8.52. The lowest BCUT2D eigenvalue weighted by molar-refractivity contribution is 0.0132. The maximum absolute atomic E-state index is 12.3. The highest BCUT2D eigenvalue weighted by atomic mass is 16.6. The molecule has 0 saturated carbocycles. The third kappa shape index (κ3) is 6.27. The molecule has 1 heterocycles. The van der Waals surface area contributed by atoms with Gasteiger partial charge in [0.25, 0.3) is 0 Å². The normalized spacial score (nSPS) is 13.5. The fourth-order valence-electron chi connectivity index (χ4n) is 2.34. The van der Waals surface area contributed by atoms with Crippen LogP contribution in [0.2, 0.25) is 0 Å². The predicted octanol–water partition coefficient (Wildman–Crippen LogP) is 3.96. The van der Waals surface area contributed by atoms with Crippen LogP contribution in [0.4, 0.5) is 4.79 Å². The Hall–Kier alpha value is -2.76. The first-order chi connectivity index (χ1) is 12.2.